The zero-order valence-corrected chi connectivity index (χ0v) is 16.9. The first-order chi connectivity index (χ1) is 10.3. The van der Waals surface area contributed by atoms with Crippen molar-refractivity contribution < 1.29 is 26.2 Å². The average Bonchev–Trinajstić information content (AvgIpc) is 3.28. The molecule has 114 valence electrons. The fraction of sp³-hybridized carbons (Fsp3) is 0.100. The number of hydrogen-bond acceptors (Lipinski definition) is 0. The summed E-state index contributed by atoms with van der Waals surface area (Å²) in [6, 6.07) is 10.6. The molecule has 2 fully saturated rings. The molecule has 1 aromatic carbocycles. The first-order valence-corrected chi connectivity index (χ1v) is 9.10. The van der Waals surface area contributed by atoms with Crippen molar-refractivity contribution in [3.63, 3.8) is 0 Å². The first kappa shape index (κ1) is 24.8. The topological polar surface area (TPSA) is 0 Å². The van der Waals surface area contributed by atoms with E-state index in [1.165, 1.54) is 5.30 Å². The molecule has 0 N–H and O–H groups in total. The summed E-state index contributed by atoms with van der Waals surface area (Å²) in [5, 5.41) is 1.48. The van der Waals surface area contributed by atoms with E-state index in [-0.39, 0.29) is 34.1 Å². The van der Waals surface area contributed by atoms with Crippen molar-refractivity contribution in [3.05, 3.63) is 108 Å². The molecule has 2 aliphatic rings. The van der Waals surface area contributed by atoms with Gasteiger partial charge in [-0.1, -0.05) is 52.1 Å². The molecule has 2 saturated carbocycles. The molecule has 0 unspecified atom stereocenters. The van der Waals surface area contributed by atoms with E-state index in [9.17, 15) is 0 Å². The molecule has 2 heteroatoms. The third-order valence-corrected chi connectivity index (χ3v) is 3.71. The molecule has 0 aromatic heterocycles. The SMILES string of the molecule is CP(C)c1ccccc1.[CH2][CH2].[CH]1[CH][CH][CH][CH]1.[CH]1[CH][CH][CH][CH]1.[Zr]. The molecular weight excluding hydrogens is 362 g/mol. The van der Waals surface area contributed by atoms with Gasteiger partial charge in [-0.15, -0.1) is 0 Å². The van der Waals surface area contributed by atoms with Crippen LogP contribution in [0.15, 0.2) is 30.3 Å². The van der Waals surface area contributed by atoms with Crippen LogP contribution in [0.2, 0.25) is 0 Å². The molecule has 22 heavy (non-hydrogen) atoms. The van der Waals surface area contributed by atoms with E-state index < -0.39 is 0 Å². The van der Waals surface area contributed by atoms with Crippen molar-refractivity contribution in [3.8, 4) is 0 Å². The zero-order valence-electron chi connectivity index (χ0n) is 13.5. The van der Waals surface area contributed by atoms with Crippen LogP contribution in [0.4, 0.5) is 0 Å². The standard InChI is InChI=1S/C8H11P.2C5H5.C2H4.Zr/c1-9(2)8-6-4-3-5-7-8;2*1-2-4-5-3-1;1-2;/h3-7H,1-2H3;2*1-5H;1-2H2;. The maximum atomic E-state index is 3.00. The van der Waals surface area contributed by atoms with Crippen LogP contribution in [0.1, 0.15) is 0 Å². The Hall–Kier alpha value is 0.533. The Morgan fingerprint density at radius 2 is 0.864 bits per heavy atom. The quantitative estimate of drug-likeness (QED) is 0.610. The predicted octanol–water partition coefficient (Wildman–Crippen LogP) is 4.75. The molecule has 1 aromatic rings. The van der Waals surface area contributed by atoms with Gasteiger partial charge in [0, 0.05) is 26.2 Å². The van der Waals surface area contributed by atoms with E-state index in [1.807, 2.05) is 64.2 Å². The fourth-order valence-electron chi connectivity index (χ4n) is 1.37. The van der Waals surface area contributed by atoms with E-state index in [4.69, 9.17) is 0 Å². The van der Waals surface area contributed by atoms with Gasteiger partial charge in [0.2, 0.25) is 0 Å². The summed E-state index contributed by atoms with van der Waals surface area (Å²) in [5.41, 5.74) is 0. The molecule has 0 saturated heterocycles. The Morgan fingerprint density at radius 1 is 0.591 bits per heavy atom. The van der Waals surface area contributed by atoms with Crippen LogP contribution < -0.4 is 5.30 Å². The second-order valence-electron chi connectivity index (χ2n) is 4.15. The largest absolute Gasteiger partial charge is 0.0817 e. The summed E-state index contributed by atoms with van der Waals surface area (Å²) >= 11 is 0. The van der Waals surface area contributed by atoms with Crippen molar-refractivity contribution >= 4 is 13.2 Å². The van der Waals surface area contributed by atoms with Crippen molar-refractivity contribution in [2.24, 2.45) is 0 Å². The third kappa shape index (κ3) is 15.4. The second-order valence-corrected chi connectivity index (χ2v) is 6.46. The van der Waals surface area contributed by atoms with Gasteiger partial charge in [-0.25, -0.2) is 0 Å². The van der Waals surface area contributed by atoms with Crippen LogP contribution in [0.25, 0.3) is 0 Å². The summed E-state index contributed by atoms with van der Waals surface area (Å²) < 4.78 is 0. The van der Waals surface area contributed by atoms with Crippen LogP contribution in [-0.4, -0.2) is 13.3 Å². The average molecular weight is 388 g/mol. The Labute approximate surface area is 160 Å². The zero-order chi connectivity index (χ0) is 15.8. The fourth-order valence-corrected chi connectivity index (χ4v) is 2.14. The van der Waals surface area contributed by atoms with E-state index in [1.54, 1.807) is 0 Å². The second kappa shape index (κ2) is 19.6. The van der Waals surface area contributed by atoms with Crippen molar-refractivity contribution in [1.29, 1.82) is 0 Å². The van der Waals surface area contributed by atoms with E-state index in [2.05, 4.69) is 57.5 Å². The summed E-state index contributed by atoms with van der Waals surface area (Å²) in [5.74, 6) is 0. The van der Waals surface area contributed by atoms with Gasteiger partial charge in [-0.3, -0.25) is 0 Å². The maximum Gasteiger partial charge on any atom is 0 e. The third-order valence-electron chi connectivity index (χ3n) is 2.38. The van der Waals surface area contributed by atoms with E-state index >= 15 is 0 Å². The van der Waals surface area contributed by atoms with Crippen LogP contribution in [0.3, 0.4) is 0 Å². The molecule has 0 amide bonds. The molecular formula is C20H25PZr. The van der Waals surface area contributed by atoms with Crippen molar-refractivity contribution in [2.45, 2.75) is 0 Å². The van der Waals surface area contributed by atoms with Gasteiger partial charge >= 0.3 is 0 Å². The smallest absolute Gasteiger partial charge is 0 e. The maximum absolute atomic E-state index is 3.00. The molecule has 12 radical (unpaired) electrons. The summed E-state index contributed by atoms with van der Waals surface area (Å²) in [6.45, 7) is 10.5. The Balaban J connectivity index is 0. The molecule has 0 bridgehead atoms. The van der Waals surface area contributed by atoms with Gasteiger partial charge in [0.25, 0.3) is 0 Å². The van der Waals surface area contributed by atoms with E-state index in [0.717, 1.165) is 0 Å². The van der Waals surface area contributed by atoms with E-state index in [0.29, 0.717) is 0 Å². The van der Waals surface area contributed by atoms with Crippen LogP contribution in [0, 0.1) is 78.1 Å². The summed E-state index contributed by atoms with van der Waals surface area (Å²) in [7, 11) is 0.104. The number of benzene rings is 1. The molecule has 0 spiro atoms. The van der Waals surface area contributed by atoms with Crippen molar-refractivity contribution in [2.75, 3.05) is 13.3 Å². The van der Waals surface area contributed by atoms with Gasteiger partial charge in [0.05, 0.1) is 0 Å². The van der Waals surface area contributed by atoms with Crippen LogP contribution >= 0.6 is 7.92 Å². The predicted molar refractivity (Wildman–Crippen MR) is 98.6 cm³/mol. The van der Waals surface area contributed by atoms with Gasteiger partial charge in [-0.2, -0.15) is 0 Å². The van der Waals surface area contributed by atoms with Gasteiger partial charge in [0.1, 0.15) is 0 Å². The van der Waals surface area contributed by atoms with Crippen LogP contribution in [0.5, 0.6) is 0 Å². The normalized spacial score (nSPS) is 15.3. The summed E-state index contributed by atoms with van der Waals surface area (Å²) in [4.78, 5) is 0. The minimum absolute atomic E-state index is 0. The Morgan fingerprint density at radius 3 is 1.05 bits per heavy atom. The van der Waals surface area contributed by atoms with Crippen molar-refractivity contribution in [1.82, 2.24) is 0 Å². The monoisotopic (exact) mass is 386 g/mol. The Bertz CT molecular complexity index is 265. The summed E-state index contributed by atoms with van der Waals surface area (Å²) in [6.07, 6.45) is 20.0. The molecule has 0 aliphatic heterocycles. The van der Waals surface area contributed by atoms with Gasteiger partial charge < -0.3 is 0 Å². The van der Waals surface area contributed by atoms with Gasteiger partial charge in [0.15, 0.2) is 0 Å². The molecule has 3 rings (SSSR count). The Kier molecular flexibility index (Phi) is 22.1. The van der Waals surface area contributed by atoms with Gasteiger partial charge in [-0.05, 0) is 82.8 Å². The number of rotatable bonds is 1. The first-order valence-electron chi connectivity index (χ1n) is 6.86. The molecule has 2 aliphatic carbocycles. The van der Waals surface area contributed by atoms with Crippen LogP contribution in [-0.2, 0) is 26.2 Å². The molecule has 0 heterocycles. The molecule has 0 atom stereocenters. The minimum atomic E-state index is 0. The number of hydrogen-bond donors (Lipinski definition) is 0. The molecule has 0 nitrogen and oxygen atoms in total. The minimum Gasteiger partial charge on any atom is -0.0817 e.